The molecular weight excluding hydrogens is 398 g/mol. The molecule has 4 aromatic heterocycles. The normalized spacial score (nSPS) is 10.7. The second kappa shape index (κ2) is 8.66. The zero-order chi connectivity index (χ0) is 21.8. The Bertz CT molecular complexity index is 1240. The second-order valence-electron chi connectivity index (χ2n) is 6.48. The van der Waals surface area contributed by atoms with Gasteiger partial charge < -0.3 is 20.1 Å². The fourth-order valence-electron chi connectivity index (χ4n) is 2.99. The van der Waals surface area contributed by atoms with Crippen LogP contribution < -0.4 is 20.1 Å². The first kappa shape index (κ1) is 20.1. The van der Waals surface area contributed by atoms with Crippen LogP contribution in [-0.4, -0.2) is 51.2 Å². The zero-order valence-electron chi connectivity index (χ0n) is 17.3. The quantitative estimate of drug-likeness (QED) is 0.470. The number of hydrogen-bond acceptors (Lipinski definition) is 8. The molecule has 0 aliphatic heterocycles. The zero-order valence-corrected chi connectivity index (χ0v) is 17.3. The lowest BCUT2D eigenvalue weighted by molar-refractivity contribution is 0.0951. The molecule has 0 saturated heterocycles. The van der Waals surface area contributed by atoms with E-state index in [0.29, 0.717) is 41.3 Å². The Balaban J connectivity index is 1.60. The van der Waals surface area contributed by atoms with Crippen molar-refractivity contribution >= 4 is 23.3 Å². The smallest absolute Gasteiger partial charge is 0.269 e. The van der Waals surface area contributed by atoms with Crippen molar-refractivity contribution < 1.29 is 14.3 Å². The van der Waals surface area contributed by atoms with Crippen LogP contribution in [0, 0.1) is 0 Å². The lowest BCUT2D eigenvalue weighted by Gasteiger charge is -2.08. The summed E-state index contributed by atoms with van der Waals surface area (Å²) in [7, 11) is 3.11. The van der Waals surface area contributed by atoms with Gasteiger partial charge in [-0.05, 0) is 37.3 Å². The Hall–Kier alpha value is -4.21. The molecule has 31 heavy (non-hydrogen) atoms. The van der Waals surface area contributed by atoms with E-state index in [1.165, 1.54) is 0 Å². The molecule has 0 radical (unpaired) electrons. The molecule has 0 atom stereocenters. The number of methoxy groups -OCH3 is 2. The topological polar surface area (TPSA) is 116 Å². The van der Waals surface area contributed by atoms with E-state index in [2.05, 4.69) is 30.7 Å². The number of fused-ring (bicyclic) bond motifs is 1. The third-order valence-corrected chi connectivity index (χ3v) is 4.45. The number of amides is 1. The Labute approximate surface area is 178 Å². The number of ether oxygens (including phenoxy) is 2. The summed E-state index contributed by atoms with van der Waals surface area (Å²) in [4.78, 5) is 25.0. The van der Waals surface area contributed by atoms with Gasteiger partial charge in [-0.15, -0.1) is 5.10 Å². The highest BCUT2D eigenvalue weighted by atomic mass is 16.5. The molecular formula is C21H21N7O3. The Morgan fingerprint density at radius 1 is 1.10 bits per heavy atom. The second-order valence-corrected chi connectivity index (χ2v) is 6.48. The van der Waals surface area contributed by atoms with Gasteiger partial charge in [-0.25, -0.2) is 14.5 Å². The highest BCUT2D eigenvalue weighted by Gasteiger charge is 2.11. The summed E-state index contributed by atoms with van der Waals surface area (Å²) in [6, 6.07) is 10.8. The predicted molar refractivity (Wildman–Crippen MR) is 115 cm³/mol. The van der Waals surface area contributed by atoms with E-state index < -0.39 is 0 Å². The molecule has 0 bridgehead atoms. The van der Waals surface area contributed by atoms with Gasteiger partial charge in [-0.1, -0.05) is 6.07 Å². The Kier molecular flexibility index (Phi) is 5.61. The molecule has 10 nitrogen and oxygen atoms in total. The predicted octanol–water partition coefficient (Wildman–Crippen LogP) is 2.70. The number of carbonyl (C=O) groups is 1. The first-order chi connectivity index (χ1) is 15.1. The van der Waals surface area contributed by atoms with Crippen LogP contribution >= 0.6 is 0 Å². The van der Waals surface area contributed by atoms with Crippen LogP contribution in [0.25, 0.3) is 16.8 Å². The van der Waals surface area contributed by atoms with E-state index in [1.807, 2.05) is 31.3 Å². The van der Waals surface area contributed by atoms with Gasteiger partial charge in [0.1, 0.15) is 11.5 Å². The number of nitrogens with zero attached hydrogens (tertiary/aromatic N) is 5. The van der Waals surface area contributed by atoms with Gasteiger partial charge in [0.05, 0.1) is 14.2 Å². The maximum Gasteiger partial charge on any atom is 0.269 e. The van der Waals surface area contributed by atoms with E-state index in [9.17, 15) is 4.79 Å². The largest absolute Gasteiger partial charge is 0.491 e. The van der Waals surface area contributed by atoms with E-state index >= 15 is 0 Å². The number of hydrogen-bond donors (Lipinski definition) is 2. The van der Waals surface area contributed by atoms with Crippen LogP contribution in [0.2, 0.25) is 0 Å². The Morgan fingerprint density at radius 2 is 1.97 bits per heavy atom. The third-order valence-electron chi connectivity index (χ3n) is 4.45. The molecule has 0 spiro atoms. The molecule has 10 heteroatoms. The van der Waals surface area contributed by atoms with Crippen molar-refractivity contribution in [3.63, 3.8) is 0 Å². The highest BCUT2D eigenvalue weighted by Crippen LogP contribution is 2.30. The average Bonchev–Trinajstić information content (AvgIpc) is 3.20. The van der Waals surface area contributed by atoms with E-state index in [1.54, 1.807) is 43.1 Å². The van der Waals surface area contributed by atoms with Crippen molar-refractivity contribution in [2.75, 3.05) is 26.1 Å². The minimum Gasteiger partial charge on any atom is -0.491 e. The number of rotatable bonds is 7. The minimum absolute atomic E-state index is 0.234. The van der Waals surface area contributed by atoms with E-state index in [4.69, 9.17) is 9.47 Å². The average molecular weight is 419 g/mol. The molecule has 0 saturated carbocycles. The van der Waals surface area contributed by atoms with Gasteiger partial charge in [-0.2, -0.15) is 4.98 Å². The Morgan fingerprint density at radius 3 is 2.74 bits per heavy atom. The fraction of sp³-hybridized carbons (Fsp3) is 0.190. The third kappa shape index (κ3) is 4.22. The molecule has 0 aliphatic rings. The van der Waals surface area contributed by atoms with Gasteiger partial charge in [0, 0.05) is 30.1 Å². The molecule has 0 aliphatic carbocycles. The fourth-order valence-corrected chi connectivity index (χ4v) is 2.99. The number of pyridine rings is 3. The monoisotopic (exact) mass is 419 g/mol. The van der Waals surface area contributed by atoms with Crippen LogP contribution in [-0.2, 0) is 0 Å². The summed E-state index contributed by atoms with van der Waals surface area (Å²) in [5, 5.41) is 10.2. The maximum absolute atomic E-state index is 12.0. The summed E-state index contributed by atoms with van der Waals surface area (Å²) in [6.07, 6.45) is 3.55. The molecule has 4 aromatic rings. The van der Waals surface area contributed by atoms with Crippen molar-refractivity contribution in [1.29, 1.82) is 0 Å². The first-order valence-corrected chi connectivity index (χ1v) is 9.58. The van der Waals surface area contributed by atoms with Crippen molar-refractivity contribution in [3.8, 4) is 22.8 Å². The molecule has 4 rings (SSSR count). The molecule has 2 N–H and O–H groups in total. The van der Waals surface area contributed by atoms with Crippen LogP contribution in [0.1, 0.15) is 17.4 Å². The van der Waals surface area contributed by atoms with Crippen molar-refractivity contribution in [3.05, 3.63) is 54.5 Å². The van der Waals surface area contributed by atoms with Gasteiger partial charge >= 0.3 is 0 Å². The molecule has 4 heterocycles. The highest BCUT2D eigenvalue weighted by molar-refractivity contribution is 5.92. The summed E-state index contributed by atoms with van der Waals surface area (Å²) in [5.74, 6) is 1.57. The molecule has 0 fully saturated rings. The number of aromatic nitrogens is 5. The van der Waals surface area contributed by atoms with Gasteiger partial charge in [0.2, 0.25) is 5.95 Å². The SMILES string of the molecule is CCNC(=O)c1cccc(Nc2nc3ccc(-c4cnc(OC)c(OC)c4)cn3n2)n1. The summed E-state index contributed by atoms with van der Waals surface area (Å²) in [5.41, 5.74) is 2.70. The van der Waals surface area contributed by atoms with Crippen LogP contribution in [0.4, 0.5) is 11.8 Å². The van der Waals surface area contributed by atoms with E-state index in [-0.39, 0.29) is 5.91 Å². The number of anilines is 2. The van der Waals surface area contributed by atoms with E-state index in [0.717, 1.165) is 11.1 Å². The molecule has 0 unspecified atom stereocenters. The first-order valence-electron chi connectivity index (χ1n) is 9.58. The number of nitrogens with one attached hydrogen (secondary N) is 2. The summed E-state index contributed by atoms with van der Waals surface area (Å²) in [6.45, 7) is 2.39. The number of carbonyl (C=O) groups excluding carboxylic acids is 1. The summed E-state index contributed by atoms with van der Waals surface area (Å²) >= 11 is 0. The lowest BCUT2D eigenvalue weighted by atomic mass is 10.1. The van der Waals surface area contributed by atoms with Crippen molar-refractivity contribution in [2.24, 2.45) is 0 Å². The standard InChI is InChI=1S/C21H21N7O3/c1-4-22-19(29)15-6-5-7-17(24-15)25-21-26-18-9-8-13(12-28(18)27-21)14-10-16(30-2)20(31-3)23-11-14/h5-12H,4H2,1-3H3,(H,22,29)(H,24,25,27). The van der Waals surface area contributed by atoms with Crippen LogP contribution in [0.5, 0.6) is 11.6 Å². The lowest BCUT2D eigenvalue weighted by Crippen LogP contribution is -2.23. The van der Waals surface area contributed by atoms with Gasteiger partial charge in [0.25, 0.3) is 11.8 Å². The van der Waals surface area contributed by atoms with Crippen LogP contribution in [0.15, 0.2) is 48.8 Å². The van der Waals surface area contributed by atoms with Gasteiger partial charge in [-0.3, -0.25) is 4.79 Å². The van der Waals surface area contributed by atoms with Gasteiger partial charge in [0.15, 0.2) is 11.4 Å². The molecule has 1 amide bonds. The van der Waals surface area contributed by atoms with Crippen molar-refractivity contribution in [1.82, 2.24) is 29.9 Å². The summed E-state index contributed by atoms with van der Waals surface area (Å²) < 4.78 is 12.2. The molecule has 0 aromatic carbocycles. The van der Waals surface area contributed by atoms with Crippen molar-refractivity contribution in [2.45, 2.75) is 6.92 Å². The maximum atomic E-state index is 12.0. The minimum atomic E-state index is -0.234. The molecule has 158 valence electrons. The van der Waals surface area contributed by atoms with Crippen LogP contribution in [0.3, 0.4) is 0 Å².